The zero-order valence-electron chi connectivity index (χ0n) is 17.1. The Hall–Kier alpha value is -3.03. The average molecular weight is 402 g/mol. The number of nitro benzene ring substituents is 1. The number of hydrogen-bond acceptors (Lipinski definition) is 7. The number of para-hydroxylation sites is 1. The van der Waals surface area contributed by atoms with E-state index in [-0.39, 0.29) is 30.0 Å². The molecule has 2 rings (SSSR count). The first kappa shape index (κ1) is 22.3. The van der Waals surface area contributed by atoms with Gasteiger partial charge in [-0.2, -0.15) is 0 Å². The van der Waals surface area contributed by atoms with Crippen molar-refractivity contribution in [3.63, 3.8) is 0 Å². The minimum Gasteiger partial charge on any atom is -0.465 e. The summed E-state index contributed by atoms with van der Waals surface area (Å²) in [6, 6.07) is 6.10. The van der Waals surface area contributed by atoms with E-state index >= 15 is 0 Å². The zero-order valence-corrected chi connectivity index (χ0v) is 17.1. The molecule has 1 aliphatic rings. The van der Waals surface area contributed by atoms with Gasteiger partial charge in [-0.3, -0.25) is 19.9 Å². The lowest BCUT2D eigenvalue weighted by atomic mass is 9.75. The predicted octanol–water partition coefficient (Wildman–Crippen LogP) is 3.95. The van der Waals surface area contributed by atoms with Gasteiger partial charge in [0.15, 0.2) is 0 Å². The van der Waals surface area contributed by atoms with E-state index in [9.17, 15) is 19.7 Å². The SMILES string of the molecule is CCCOC(=O)C1=C(C)N=C(C)C(C(=O)OCCC)C1c1ccccc1[N+](=O)[O-]. The molecule has 29 heavy (non-hydrogen) atoms. The normalized spacial score (nSPS) is 18.8. The van der Waals surface area contributed by atoms with Gasteiger partial charge in [0.25, 0.3) is 5.69 Å². The maximum Gasteiger partial charge on any atom is 0.336 e. The second-order valence-corrected chi connectivity index (χ2v) is 6.83. The summed E-state index contributed by atoms with van der Waals surface area (Å²) in [7, 11) is 0. The Balaban J connectivity index is 2.66. The number of esters is 2. The summed E-state index contributed by atoms with van der Waals surface area (Å²) in [4.78, 5) is 41.2. The Labute approximate surface area is 169 Å². The molecule has 0 aromatic heterocycles. The number of ether oxygens (including phenoxy) is 2. The molecule has 1 aromatic rings. The molecule has 1 aromatic carbocycles. The highest BCUT2D eigenvalue weighted by molar-refractivity contribution is 6.07. The van der Waals surface area contributed by atoms with E-state index in [4.69, 9.17) is 9.47 Å². The number of nitrogens with zero attached hydrogens (tertiary/aromatic N) is 2. The molecule has 0 fully saturated rings. The molecular weight excluding hydrogens is 376 g/mol. The van der Waals surface area contributed by atoms with E-state index < -0.39 is 28.7 Å². The quantitative estimate of drug-likeness (QED) is 0.370. The van der Waals surface area contributed by atoms with Crippen molar-refractivity contribution in [2.24, 2.45) is 10.9 Å². The average Bonchev–Trinajstić information content (AvgIpc) is 2.69. The number of rotatable bonds is 8. The number of allylic oxidation sites excluding steroid dienone is 1. The van der Waals surface area contributed by atoms with Crippen LogP contribution in [-0.4, -0.2) is 35.8 Å². The van der Waals surface area contributed by atoms with Crippen LogP contribution in [0.15, 0.2) is 40.5 Å². The van der Waals surface area contributed by atoms with Gasteiger partial charge in [-0.25, -0.2) is 4.79 Å². The number of nitro groups is 1. The van der Waals surface area contributed by atoms with Crippen molar-refractivity contribution in [2.75, 3.05) is 13.2 Å². The van der Waals surface area contributed by atoms with Crippen molar-refractivity contribution in [2.45, 2.75) is 46.5 Å². The predicted molar refractivity (Wildman–Crippen MR) is 108 cm³/mol. The van der Waals surface area contributed by atoms with Crippen molar-refractivity contribution in [1.29, 1.82) is 0 Å². The Morgan fingerprint density at radius 2 is 1.72 bits per heavy atom. The van der Waals surface area contributed by atoms with Crippen LogP contribution in [0.1, 0.15) is 52.0 Å². The Morgan fingerprint density at radius 1 is 1.10 bits per heavy atom. The zero-order chi connectivity index (χ0) is 21.6. The van der Waals surface area contributed by atoms with E-state index in [0.717, 1.165) is 0 Å². The summed E-state index contributed by atoms with van der Waals surface area (Å²) in [6.45, 7) is 7.45. The molecule has 2 atom stereocenters. The van der Waals surface area contributed by atoms with E-state index in [0.29, 0.717) is 24.3 Å². The largest absolute Gasteiger partial charge is 0.465 e. The molecular formula is C21H26N2O6. The minimum atomic E-state index is -0.949. The topological polar surface area (TPSA) is 108 Å². The fourth-order valence-corrected chi connectivity index (χ4v) is 3.43. The van der Waals surface area contributed by atoms with Crippen molar-refractivity contribution >= 4 is 23.3 Å². The van der Waals surface area contributed by atoms with Gasteiger partial charge in [0.1, 0.15) is 5.92 Å². The van der Waals surface area contributed by atoms with Gasteiger partial charge in [-0.15, -0.1) is 0 Å². The fraction of sp³-hybridized carbons (Fsp3) is 0.476. The molecule has 8 nitrogen and oxygen atoms in total. The van der Waals surface area contributed by atoms with Crippen LogP contribution in [0.3, 0.4) is 0 Å². The molecule has 156 valence electrons. The van der Waals surface area contributed by atoms with Gasteiger partial charge in [-0.05, 0) is 26.7 Å². The van der Waals surface area contributed by atoms with E-state index in [1.54, 1.807) is 32.0 Å². The molecule has 0 N–H and O–H groups in total. The molecule has 8 heteroatoms. The molecule has 0 radical (unpaired) electrons. The molecule has 1 aliphatic heterocycles. The van der Waals surface area contributed by atoms with E-state index in [1.165, 1.54) is 6.07 Å². The van der Waals surface area contributed by atoms with Crippen molar-refractivity contribution < 1.29 is 24.0 Å². The molecule has 0 saturated carbocycles. The molecule has 0 amide bonds. The lowest BCUT2D eigenvalue weighted by Crippen LogP contribution is -2.37. The van der Waals surface area contributed by atoms with Crippen molar-refractivity contribution in [1.82, 2.24) is 0 Å². The molecule has 0 bridgehead atoms. The van der Waals surface area contributed by atoms with Gasteiger partial charge in [0.05, 0.1) is 23.7 Å². The number of carbonyl (C=O) groups excluding carboxylic acids is 2. The maximum absolute atomic E-state index is 12.9. The van der Waals surface area contributed by atoms with E-state index in [2.05, 4.69) is 4.99 Å². The van der Waals surface area contributed by atoms with Crippen LogP contribution in [-0.2, 0) is 19.1 Å². The first-order valence-corrected chi connectivity index (χ1v) is 9.66. The Morgan fingerprint density at radius 3 is 2.34 bits per heavy atom. The van der Waals surface area contributed by atoms with Gasteiger partial charge in [-0.1, -0.05) is 32.0 Å². The first-order valence-electron chi connectivity index (χ1n) is 9.66. The molecule has 0 saturated heterocycles. The van der Waals surface area contributed by atoms with Crippen LogP contribution in [0.2, 0.25) is 0 Å². The highest BCUT2D eigenvalue weighted by Gasteiger charge is 2.44. The third-order valence-electron chi connectivity index (χ3n) is 4.66. The van der Waals surface area contributed by atoms with Gasteiger partial charge >= 0.3 is 11.9 Å². The van der Waals surface area contributed by atoms with E-state index in [1.807, 2.05) is 13.8 Å². The summed E-state index contributed by atoms with van der Waals surface area (Å²) in [5, 5.41) is 11.7. The summed E-state index contributed by atoms with van der Waals surface area (Å²) >= 11 is 0. The maximum atomic E-state index is 12.9. The number of hydrogen-bond donors (Lipinski definition) is 0. The van der Waals surface area contributed by atoms with Crippen LogP contribution < -0.4 is 0 Å². The lowest BCUT2D eigenvalue weighted by molar-refractivity contribution is -0.385. The number of carbonyl (C=O) groups is 2. The highest BCUT2D eigenvalue weighted by Crippen LogP contribution is 2.43. The van der Waals surface area contributed by atoms with Gasteiger partial charge in [0.2, 0.25) is 0 Å². The summed E-state index contributed by atoms with van der Waals surface area (Å²) in [5.74, 6) is -3.06. The van der Waals surface area contributed by atoms with Gasteiger partial charge in [0, 0.05) is 29.0 Å². The second-order valence-electron chi connectivity index (χ2n) is 6.83. The summed E-state index contributed by atoms with van der Waals surface area (Å²) in [5.41, 5.74) is 1.06. The van der Waals surface area contributed by atoms with Crippen LogP contribution in [0.25, 0.3) is 0 Å². The van der Waals surface area contributed by atoms with Crippen LogP contribution in [0.4, 0.5) is 5.69 Å². The standard InChI is InChI=1S/C21H26N2O6/c1-5-11-28-20(24)17-13(3)22-14(4)18(21(25)29-12-6-2)19(17)15-9-7-8-10-16(15)23(26)27/h7-10,17,19H,5-6,11-12H2,1-4H3. The first-order chi connectivity index (χ1) is 13.8. The van der Waals surface area contributed by atoms with Crippen LogP contribution >= 0.6 is 0 Å². The fourth-order valence-electron chi connectivity index (χ4n) is 3.43. The third-order valence-corrected chi connectivity index (χ3v) is 4.66. The van der Waals surface area contributed by atoms with Crippen LogP contribution in [0, 0.1) is 16.0 Å². The van der Waals surface area contributed by atoms with Crippen LogP contribution in [0.5, 0.6) is 0 Å². The van der Waals surface area contributed by atoms with Crippen molar-refractivity contribution in [3.8, 4) is 0 Å². The number of benzene rings is 1. The Bertz CT molecular complexity index is 858. The lowest BCUT2D eigenvalue weighted by Gasteiger charge is -2.31. The molecule has 0 aliphatic carbocycles. The van der Waals surface area contributed by atoms with Crippen molar-refractivity contribution in [3.05, 3.63) is 51.2 Å². The third kappa shape index (κ3) is 4.88. The molecule has 1 heterocycles. The van der Waals surface area contributed by atoms with Gasteiger partial charge < -0.3 is 9.47 Å². The summed E-state index contributed by atoms with van der Waals surface area (Å²) < 4.78 is 10.6. The monoisotopic (exact) mass is 402 g/mol. The molecule has 2 unspecified atom stereocenters. The summed E-state index contributed by atoms with van der Waals surface area (Å²) in [6.07, 6.45) is 1.25. The highest BCUT2D eigenvalue weighted by atomic mass is 16.6. The minimum absolute atomic E-state index is 0.150. The second kappa shape index (κ2) is 9.95. The number of aliphatic imine (C=N–C) groups is 1. The Kier molecular flexibility index (Phi) is 7.64. The smallest absolute Gasteiger partial charge is 0.336 e. The molecule has 0 spiro atoms.